The second kappa shape index (κ2) is 5.96. The quantitative estimate of drug-likeness (QED) is 0.873. The summed E-state index contributed by atoms with van der Waals surface area (Å²) in [5, 5.41) is 12.3. The van der Waals surface area contributed by atoms with Gasteiger partial charge < -0.3 is 10.1 Å². The third-order valence-electron chi connectivity index (χ3n) is 3.32. The Balaban J connectivity index is 1.83. The van der Waals surface area contributed by atoms with Crippen molar-refractivity contribution in [2.45, 2.75) is 0 Å². The van der Waals surface area contributed by atoms with E-state index in [1.807, 2.05) is 30.3 Å². The van der Waals surface area contributed by atoms with Crippen LogP contribution in [0.5, 0.6) is 5.75 Å². The average molecular weight is 314 g/mol. The molecule has 1 aliphatic rings. The van der Waals surface area contributed by atoms with Gasteiger partial charge in [0.2, 0.25) is 0 Å². The molecule has 2 aromatic carbocycles. The molecule has 0 unspecified atom stereocenters. The predicted octanol–water partition coefficient (Wildman–Crippen LogP) is 3.64. The number of benzene rings is 2. The first-order valence-corrected chi connectivity index (χ1v) is 7.09. The average Bonchev–Trinajstić information content (AvgIpc) is 2.56. The van der Waals surface area contributed by atoms with Crippen LogP contribution in [0.3, 0.4) is 0 Å². The minimum Gasteiger partial charge on any atom is -0.408 e. The van der Waals surface area contributed by atoms with Crippen LogP contribution in [-0.2, 0) is 0 Å². The second-order valence-electron chi connectivity index (χ2n) is 4.72. The van der Waals surface area contributed by atoms with Gasteiger partial charge in [-0.15, -0.1) is 0 Å². The lowest BCUT2D eigenvalue weighted by atomic mass is 10.2. The van der Waals surface area contributed by atoms with Gasteiger partial charge in [0.05, 0.1) is 28.0 Å². The fraction of sp³-hybridized carbons (Fsp3) is 0.125. The summed E-state index contributed by atoms with van der Waals surface area (Å²) in [6.07, 6.45) is -0.499. The van der Waals surface area contributed by atoms with Gasteiger partial charge in [-0.25, -0.2) is 4.79 Å². The zero-order valence-corrected chi connectivity index (χ0v) is 12.3. The van der Waals surface area contributed by atoms with E-state index < -0.39 is 6.09 Å². The molecule has 0 fully saturated rings. The third kappa shape index (κ3) is 2.69. The molecule has 0 spiro atoms. The topological polar surface area (TPSA) is 65.4 Å². The van der Waals surface area contributed by atoms with Gasteiger partial charge in [-0.1, -0.05) is 23.7 Å². The van der Waals surface area contributed by atoms with Crippen LogP contribution in [-0.4, -0.2) is 19.2 Å². The number of halogens is 1. The predicted molar refractivity (Wildman–Crippen MR) is 84.5 cm³/mol. The molecule has 0 atom stereocenters. The number of hydrogen-bond donors (Lipinski definition) is 1. The number of anilines is 2. The molecule has 0 aliphatic carbocycles. The van der Waals surface area contributed by atoms with Gasteiger partial charge in [0.25, 0.3) is 0 Å². The van der Waals surface area contributed by atoms with E-state index in [1.54, 1.807) is 11.0 Å². The maximum atomic E-state index is 12.4. The lowest BCUT2D eigenvalue weighted by Crippen LogP contribution is -2.40. The molecule has 0 bridgehead atoms. The second-order valence-corrected chi connectivity index (χ2v) is 5.13. The summed E-state index contributed by atoms with van der Waals surface area (Å²) in [5.41, 5.74) is 2.07. The highest BCUT2D eigenvalue weighted by molar-refractivity contribution is 6.32. The van der Waals surface area contributed by atoms with Crippen molar-refractivity contribution in [3.8, 4) is 11.8 Å². The normalized spacial score (nSPS) is 12.8. The number of nitrogens with one attached hydrogen (secondary N) is 1. The van der Waals surface area contributed by atoms with Gasteiger partial charge in [0.1, 0.15) is 0 Å². The van der Waals surface area contributed by atoms with E-state index in [2.05, 4.69) is 5.32 Å². The summed E-state index contributed by atoms with van der Waals surface area (Å²) in [7, 11) is 0. The first-order chi connectivity index (χ1) is 10.7. The molecule has 0 aromatic heterocycles. The monoisotopic (exact) mass is 313 g/mol. The van der Waals surface area contributed by atoms with Crippen LogP contribution in [0.4, 0.5) is 16.2 Å². The zero-order valence-electron chi connectivity index (χ0n) is 11.5. The van der Waals surface area contributed by atoms with Crippen molar-refractivity contribution in [1.82, 2.24) is 0 Å². The zero-order chi connectivity index (χ0) is 15.5. The number of ether oxygens (including phenoxy) is 1. The van der Waals surface area contributed by atoms with Crippen LogP contribution < -0.4 is 15.0 Å². The lowest BCUT2D eigenvalue weighted by molar-refractivity contribution is 0.207. The van der Waals surface area contributed by atoms with Crippen molar-refractivity contribution in [2.24, 2.45) is 0 Å². The molecule has 0 saturated carbocycles. The fourth-order valence-electron chi connectivity index (χ4n) is 2.27. The molecular formula is C16H12ClN3O2. The van der Waals surface area contributed by atoms with Crippen LogP contribution in [0.15, 0.2) is 42.5 Å². The standard InChI is InChI=1S/C16H12ClN3O2/c17-12-9-11(10-18)5-6-15(12)22-16(21)20-8-7-19-13-3-1-2-4-14(13)20/h1-6,9,19H,7-8H2. The molecule has 6 heteroatoms. The maximum Gasteiger partial charge on any atom is 0.419 e. The highest BCUT2D eigenvalue weighted by Crippen LogP contribution is 2.31. The van der Waals surface area contributed by atoms with Crippen molar-refractivity contribution >= 4 is 29.1 Å². The molecule has 5 nitrogen and oxygen atoms in total. The third-order valence-corrected chi connectivity index (χ3v) is 3.62. The number of rotatable bonds is 1. The SMILES string of the molecule is N#Cc1ccc(OC(=O)N2CCNc3ccccc32)c(Cl)c1. The molecule has 1 heterocycles. The van der Waals surface area contributed by atoms with Crippen LogP contribution >= 0.6 is 11.6 Å². The van der Waals surface area contributed by atoms with Gasteiger partial charge in [-0.3, -0.25) is 4.90 Å². The first kappa shape index (κ1) is 14.2. The van der Waals surface area contributed by atoms with E-state index in [0.717, 1.165) is 11.4 Å². The molecule has 1 N–H and O–H groups in total. The molecule has 3 rings (SSSR count). The number of carbonyl (C=O) groups excluding carboxylic acids is 1. The van der Waals surface area contributed by atoms with Crippen LogP contribution in [0.25, 0.3) is 0 Å². The minimum atomic E-state index is -0.499. The summed E-state index contributed by atoms with van der Waals surface area (Å²) < 4.78 is 5.36. The molecule has 0 saturated heterocycles. The Morgan fingerprint density at radius 3 is 2.91 bits per heavy atom. The van der Waals surface area contributed by atoms with E-state index >= 15 is 0 Å². The van der Waals surface area contributed by atoms with E-state index in [0.29, 0.717) is 18.7 Å². The molecule has 110 valence electrons. The Morgan fingerprint density at radius 2 is 2.14 bits per heavy atom. The number of fused-ring (bicyclic) bond motifs is 1. The highest BCUT2D eigenvalue weighted by Gasteiger charge is 2.24. The van der Waals surface area contributed by atoms with Crippen molar-refractivity contribution in [2.75, 3.05) is 23.3 Å². The number of nitriles is 1. The van der Waals surface area contributed by atoms with Crippen molar-refractivity contribution < 1.29 is 9.53 Å². The highest BCUT2D eigenvalue weighted by atomic mass is 35.5. The van der Waals surface area contributed by atoms with E-state index in [1.165, 1.54) is 12.1 Å². The Bertz CT molecular complexity index is 770. The molecule has 1 amide bonds. The Labute approximate surface area is 132 Å². The summed E-state index contributed by atoms with van der Waals surface area (Å²) in [6, 6.07) is 14.0. The van der Waals surface area contributed by atoms with Crippen molar-refractivity contribution in [3.05, 3.63) is 53.1 Å². The number of nitrogens with zero attached hydrogens (tertiary/aromatic N) is 2. The van der Waals surface area contributed by atoms with Gasteiger partial charge in [-0.05, 0) is 30.3 Å². The Kier molecular flexibility index (Phi) is 3.86. The molecule has 0 radical (unpaired) electrons. The molecule has 1 aliphatic heterocycles. The van der Waals surface area contributed by atoms with Gasteiger partial charge in [0.15, 0.2) is 5.75 Å². The van der Waals surface area contributed by atoms with Gasteiger partial charge in [-0.2, -0.15) is 5.26 Å². The smallest absolute Gasteiger partial charge is 0.408 e. The fourth-order valence-corrected chi connectivity index (χ4v) is 2.49. The van der Waals surface area contributed by atoms with Crippen LogP contribution in [0.2, 0.25) is 5.02 Å². The van der Waals surface area contributed by atoms with Crippen molar-refractivity contribution in [3.63, 3.8) is 0 Å². The largest absolute Gasteiger partial charge is 0.419 e. The van der Waals surface area contributed by atoms with Gasteiger partial charge >= 0.3 is 6.09 Å². The van der Waals surface area contributed by atoms with Crippen LogP contribution in [0.1, 0.15) is 5.56 Å². The number of hydrogen-bond acceptors (Lipinski definition) is 4. The van der Waals surface area contributed by atoms with Gasteiger partial charge in [0, 0.05) is 13.1 Å². The summed E-state index contributed by atoms with van der Waals surface area (Å²) in [5.74, 6) is 0.238. The van der Waals surface area contributed by atoms with E-state index in [-0.39, 0.29) is 10.8 Å². The van der Waals surface area contributed by atoms with E-state index in [4.69, 9.17) is 21.6 Å². The summed E-state index contributed by atoms with van der Waals surface area (Å²) in [6.45, 7) is 1.15. The molecular weight excluding hydrogens is 302 g/mol. The maximum absolute atomic E-state index is 12.4. The van der Waals surface area contributed by atoms with E-state index in [9.17, 15) is 4.79 Å². The van der Waals surface area contributed by atoms with Crippen LogP contribution in [0, 0.1) is 11.3 Å². The summed E-state index contributed by atoms with van der Waals surface area (Å²) in [4.78, 5) is 13.9. The number of amides is 1. The molecule has 2 aromatic rings. The van der Waals surface area contributed by atoms with Crippen molar-refractivity contribution in [1.29, 1.82) is 5.26 Å². The Morgan fingerprint density at radius 1 is 1.32 bits per heavy atom. The summed E-state index contributed by atoms with van der Waals surface area (Å²) >= 11 is 6.03. The first-order valence-electron chi connectivity index (χ1n) is 6.71. The lowest BCUT2D eigenvalue weighted by Gasteiger charge is -2.29. The minimum absolute atomic E-state index is 0.232. The number of carbonyl (C=O) groups is 1. The number of para-hydroxylation sites is 2. The Hall–Kier alpha value is -2.71. The molecule has 22 heavy (non-hydrogen) atoms.